The predicted octanol–water partition coefficient (Wildman–Crippen LogP) is 2.77. The van der Waals surface area contributed by atoms with Crippen molar-refractivity contribution in [2.45, 2.75) is 44.3 Å². The Morgan fingerprint density at radius 3 is 2.46 bits per heavy atom. The van der Waals surface area contributed by atoms with E-state index < -0.39 is 16.1 Å². The molecule has 0 aliphatic carbocycles. The van der Waals surface area contributed by atoms with Crippen molar-refractivity contribution in [3.63, 3.8) is 0 Å². The fraction of sp³-hybridized carbons (Fsp3) is 0.269. The van der Waals surface area contributed by atoms with Crippen LogP contribution in [0.2, 0.25) is 0 Å². The van der Waals surface area contributed by atoms with Crippen molar-refractivity contribution < 1.29 is 17.9 Å². The molecule has 0 atom stereocenters. The van der Waals surface area contributed by atoms with Crippen LogP contribution in [0.5, 0.6) is 0 Å². The number of alkyl carbamates (subject to hydrolysis) is 1. The van der Waals surface area contributed by atoms with E-state index in [9.17, 15) is 13.2 Å². The highest BCUT2D eigenvalue weighted by atomic mass is 32.2. The van der Waals surface area contributed by atoms with Gasteiger partial charge in [-0.05, 0) is 55.2 Å². The number of benzene rings is 2. The lowest BCUT2D eigenvalue weighted by Gasteiger charge is -2.09. The summed E-state index contributed by atoms with van der Waals surface area (Å²) in [7, 11) is -3.72. The van der Waals surface area contributed by atoms with Crippen molar-refractivity contribution in [1.82, 2.24) is 29.6 Å². The van der Waals surface area contributed by atoms with Gasteiger partial charge >= 0.3 is 6.09 Å². The molecule has 4 aromatic rings. The first kappa shape index (κ1) is 27.5. The number of hydrogen-bond donors (Lipinski definition) is 3. The third kappa shape index (κ3) is 7.28. The summed E-state index contributed by atoms with van der Waals surface area (Å²) in [5.41, 5.74) is 9.11. The van der Waals surface area contributed by atoms with Crippen LogP contribution in [0.4, 0.5) is 10.6 Å². The summed E-state index contributed by atoms with van der Waals surface area (Å²) in [5, 5.41) is 11.5. The number of anilines is 1. The molecule has 12 nitrogen and oxygen atoms in total. The molecule has 0 saturated heterocycles. The molecule has 2 aromatic heterocycles. The Kier molecular flexibility index (Phi) is 8.70. The third-order valence-corrected chi connectivity index (χ3v) is 7.27. The molecule has 39 heavy (non-hydrogen) atoms. The summed E-state index contributed by atoms with van der Waals surface area (Å²) in [6, 6.07) is 14.9. The minimum atomic E-state index is -3.72. The van der Waals surface area contributed by atoms with Crippen molar-refractivity contribution in [1.29, 1.82) is 5.26 Å². The molecule has 0 saturated carbocycles. The molecule has 0 spiro atoms. The van der Waals surface area contributed by atoms with Gasteiger partial charge in [0.15, 0.2) is 11.5 Å². The first-order chi connectivity index (χ1) is 18.7. The van der Waals surface area contributed by atoms with Crippen molar-refractivity contribution in [3.8, 4) is 6.07 Å². The Labute approximate surface area is 225 Å². The number of unbranched alkanes of at least 4 members (excludes halogenated alkanes) is 1. The monoisotopic (exact) mass is 548 g/mol. The van der Waals surface area contributed by atoms with Gasteiger partial charge in [-0.1, -0.05) is 24.3 Å². The first-order valence-electron chi connectivity index (χ1n) is 12.2. The van der Waals surface area contributed by atoms with Crippen LogP contribution in [0.25, 0.3) is 11.2 Å². The van der Waals surface area contributed by atoms with E-state index in [1.54, 1.807) is 49.6 Å². The van der Waals surface area contributed by atoms with E-state index in [1.807, 2.05) is 10.6 Å². The van der Waals surface area contributed by atoms with Crippen LogP contribution in [-0.2, 0) is 34.4 Å². The van der Waals surface area contributed by atoms with Crippen molar-refractivity contribution in [2.75, 3.05) is 12.3 Å². The zero-order valence-corrected chi connectivity index (χ0v) is 22.1. The Hall–Kier alpha value is -4.54. The molecule has 0 aliphatic heterocycles. The second-order valence-corrected chi connectivity index (χ2v) is 10.5. The van der Waals surface area contributed by atoms with Crippen LogP contribution in [0.15, 0.2) is 59.8 Å². The van der Waals surface area contributed by atoms with Crippen LogP contribution in [-0.4, -0.2) is 40.6 Å². The highest BCUT2D eigenvalue weighted by Crippen LogP contribution is 2.16. The number of nitriles is 1. The number of nitrogen functional groups attached to an aromatic ring is 1. The molecule has 0 fully saturated rings. The molecular formula is C26H28N8O4S. The minimum absolute atomic E-state index is 0.102. The molecule has 0 bridgehead atoms. The molecule has 0 unspecified atom stereocenters. The summed E-state index contributed by atoms with van der Waals surface area (Å²) < 4.78 is 34.8. The van der Waals surface area contributed by atoms with E-state index in [0.717, 1.165) is 17.5 Å². The Morgan fingerprint density at radius 1 is 1.05 bits per heavy atom. The quantitative estimate of drug-likeness (QED) is 0.238. The average molecular weight is 549 g/mol. The summed E-state index contributed by atoms with van der Waals surface area (Å²) in [6.45, 7) is 2.96. The molecule has 202 valence electrons. The summed E-state index contributed by atoms with van der Waals surface area (Å²) in [5.74, 6) is 0.929. The van der Waals surface area contributed by atoms with Crippen LogP contribution in [0.3, 0.4) is 0 Å². The fourth-order valence-electron chi connectivity index (χ4n) is 3.76. The van der Waals surface area contributed by atoms with Crippen LogP contribution >= 0.6 is 0 Å². The predicted molar refractivity (Wildman–Crippen MR) is 144 cm³/mol. The standard InChI is InChI=1S/C26H28N8O4S/c1-18-32-24(28)23-25(33-18)34(17-30-23)12-2-3-13-38-26(35)29-15-20-8-10-22(11-9-20)39(36,37)31-16-21-6-4-19(14-27)5-7-21/h4-11,17,31H,2-3,12-13,15-16H2,1H3,(H,29,35)(H2,28,32,33). The van der Waals surface area contributed by atoms with Crippen molar-refractivity contribution in [2.24, 2.45) is 0 Å². The minimum Gasteiger partial charge on any atom is -0.450 e. The van der Waals surface area contributed by atoms with Crippen LogP contribution in [0.1, 0.15) is 35.4 Å². The average Bonchev–Trinajstić information content (AvgIpc) is 3.34. The van der Waals surface area contributed by atoms with E-state index in [0.29, 0.717) is 41.3 Å². The molecule has 0 radical (unpaired) electrons. The second kappa shape index (κ2) is 12.3. The number of carbonyl (C=O) groups is 1. The number of rotatable bonds is 11. The first-order valence-corrected chi connectivity index (χ1v) is 13.7. The molecule has 13 heteroatoms. The highest BCUT2D eigenvalue weighted by molar-refractivity contribution is 7.89. The maximum atomic E-state index is 12.6. The van der Waals surface area contributed by atoms with E-state index in [2.05, 4.69) is 25.0 Å². The molecule has 1 amide bonds. The largest absolute Gasteiger partial charge is 0.450 e. The van der Waals surface area contributed by atoms with Gasteiger partial charge in [-0.25, -0.2) is 32.9 Å². The van der Waals surface area contributed by atoms with Gasteiger partial charge in [0.2, 0.25) is 10.0 Å². The van der Waals surface area contributed by atoms with Gasteiger partial charge < -0.3 is 20.4 Å². The number of nitrogens with zero attached hydrogens (tertiary/aromatic N) is 5. The second-order valence-electron chi connectivity index (χ2n) is 8.74. The fourth-order valence-corrected chi connectivity index (χ4v) is 4.78. The topological polar surface area (TPSA) is 178 Å². The van der Waals surface area contributed by atoms with Crippen molar-refractivity contribution in [3.05, 3.63) is 77.4 Å². The number of ether oxygens (including phenoxy) is 1. The van der Waals surface area contributed by atoms with Gasteiger partial charge in [0.1, 0.15) is 11.3 Å². The van der Waals surface area contributed by atoms with E-state index in [1.165, 1.54) is 12.1 Å². The number of carbonyl (C=O) groups excluding carboxylic acids is 1. The van der Waals surface area contributed by atoms with Gasteiger partial charge in [0.25, 0.3) is 0 Å². The summed E-state index contributed by atoms with van der Waals surface area (Å²) in [4.78, 5) is 24.9. The Morgan fingerprint density at radius 2 is 1.74 bits per heavy atom. The molecule has 2 heterocycles. The third-order valence-electron chi connectivity index (χ3n) is 5.85. The lowest BCUT2D eigenvalue weighted by molar-refractivity contribution is 0.143. The molecule has 2 aromatic carbocycles. The van der Waals surface area contributed by atoms with Crippen LogP contribution in [0, 0.1) is 18.3 Å². The van der Waals surface area contributed by atoms with Gasteiger partial charge in [0.05, 0.1) is 29.5 Å². The number of nitrogens with two attached hydrogens (primary N) is 1. The zero-order valence-electron chi connectivity index (χ0n) is 21.3. The number of imidazole rings is 1. The SMILES string of the molecule is Cc1nc(N)c2ncn(CCCCOC(=O)NCc3ccc(S(=O)(=O)NCc4ccc(C#N)cc4)cc3)c2n1. The number of amides is 1. The smallest absolute Gasteiger partial charge is 0.407 e. The van der Waals surface area contributed by atoms with Gasteiger partial charge in [-0.15, -0.1) is 0 Å². The number of aryl methyl sites for hydroxylation is 2. The Balaban J connectivity index is 1.16. The van der Waals surface area contributed by atoms with E-state index in [4.69, 9.17) is 15.7 Å². The molecule has 4 N–H and O–H groups in total. The summed E-state index contributed by atoms with van der Waals surface area (Å²) >= 11 is 0. The molecule has 0 aliphatic rings. The van der Waals surface area contributed by atoms with E-state index >= 15 is 0 Å². The molecular weight excluding hydrogens is 520 g/mol. The lowest BCUT2D eigenvalue weighted by atomic mass is 10.1. The zero-order chi connectivity index (χ0) is 27.8. The lowest BCUT2D eigenvalue weighted by Crippen LogP contribution is -2.25. The van der Waals surface area contributed by atoms with Crippen molar-refractivity contribution >= 4 is 33.1 Å². The summed E-state index contributed by atoms with van der Waals surface area (Å²) in [6.07, 6.45) is 2.51. The maximum absolute atomic E-state index is 12.6. The van der Waals surface area contributed by atoms with Gasteiger partial charge in [-0.3, -0.25) is 0 Å². The van der Waals surface area contributed by atoms with Crippen LogP contribution < -0.4 is 15.8 Å². The van der Waals surface area contributed by atoms with Gasteiger partial charge in [0, 0.05) is 19.6 Å². The number of sulfonamides is 1. The Bertz CT molecular complexity index is 1590. The normalized spacial score (nSPS) is 11.3. The highest BCUT2D eigenvalue weighted by Gasteiger charge is 2.14. The molecule has 4 rings (SSSR count). The number of fused-ring (bicyclic) bond motifs is 1. The maximum Gasteiger partial charge on any atom is 0.407 e. The number of aromatic nitrogens is 4. The van der Waals surface area contributed by atoms with Gasteiger partial charge in [-0.2, -0.15) is 5.26 Å². The number of hydrogen-bond acceptors (Lipinski definition) is 9. The number of nitrogens with one attached hydrogen (secondary N) is 2. The van der Waals surface area contributed by atoms with E-state index in [-0.39, 0.29) is 24.6 Å².